The van der Waals surface area contributed by atoms with Gasteiger partial charge >= 0.3 is 0 Å². The minimum absolute atomic E-state index is 0.00552. The van der Waals surface area contributed by atoms with Crippen LogP contribution in [0.5, 0.6) is 0 Å². The summed E-state index contributed by atoms with van der Waals surface area (Å²) in [4.78, 5) is 10.0. The summed E-state index contributed by atoms with van der Waals surface area (Å²) in [5, 5.41) is 19.6. The smallest absolute Gasteiger partial charge is 0.269 e. The van der Waals surface area contributed by atoms with Crippen LogP contribution in [-0.4, -0.2) is 4.92 Å². The maximum Gasteiger partial charge on any atom is 0.269 e. The van der Waals surface area contributed by atoms with Crippen molar-refractivity contribution in [3.8, 4) is 6.07 Å². The third-order valence-corrected chi connectivity index (χ3v) is 2.34. The summed E-state index contributed by atoms with van der Waals surface area (Å²) in [6.45, 7) is 0. The molecule has 88 valence electrons. The van der Waals surface area contributed by atoms with E-state index in [1.54, 1.807) is 18.2 Å². The van der Waals surface area contributed by atoms with E-state index < -0.39 is 4.92 Å². The van der Waals surface area contributed by atoms with Gasteiger partial charge in [-0.25, -0.2) is 0 Å². The van der Waals surface area contributed by atoms with E-state index in [0.29, 0.717) is 16.9 Å². The van der Waals surface area contributed by atoms with Crippen LogP contribution in [0.3, 0.4) is 0 Å². The van der Waals surface area contributed by atoms with Crippen LogP contribution in [0.2, 0.25) is 0 Å². The Kier molecular flexibility index (Phi) is 3.21. The largest absolute Gasteiger partial charge is 0.465 e. The van der Waals surface area contributed by atoms with E-state index in [1.165, 1.54) is 30.5 Å². The van der Waals surface area contributed by atoms with Gasteiger partial charge in [0, 0.05) is 12.1 Å². The lowest BCUT2D eigenvalue weighted by Gasteiger charge is -1.98. The van der Waals surface area contributed by atoms with Crippen molar-refractivity contribution in [1.29, 1.82) is 5.26 Å². The normalized spacial score (nSPS) is 10.9. The zero-order valence-electron chi connectivity index (χ0n) is 9.24. The number of nitrogens with zero attached hydrogens (tertiary/aromatic N) is 2. The topological polar surface area (TPSA) is 80.1 Å². The summed E-state index contributed by atoms with van der Waals surface area (Å²) >= 11 is 0. The molecule has 5 nitrogen and oxygen atoms in total. The van der Waals surface area contributed by atoms with Crippen LogP contribution >= 0.6 is 0 Å². The average molecular weight is 240 g/mol. The molecule has 1 heterocycles. The molecule has 0 saturated carbocycles. The van der Waals surface area contributed by atoms with Crippen molar-refractivity contribution in [2.45, 2.75) is 0 Å². The molecule has 0 aliphatic rings. The minimum Gasteiger partial charge on any atom is -0.465 e. The Labute approximate surface area is 103 Å². The summed E-state index contributed by atoms with van der Waals surface area (Å²) in [6.07, 6.45) is 3.10. The highest BCUT2D eigenvalue weighted by Crippen LogP contribution is 2.20. The molecule has 0 aliphatic carbocycles. The summed E-state index contributed by atoms with van der Waals surface area (Å²) in [7, 11) is 0. The molecule has 0 spiro atoms. The van der Waals surface area contributed by atoms with E-state index in [-0.39, 0.29) is 5.69 Å². The lowest BCUT2D eigenvalue weighted by atomic mass is 10.1. The van der Waals surface area contributed by atoms with E-state index in [0.717, 1.165) is 0 Å². The summed E-state index contributed by atoms with van der Waals surface area (Å²) in [5.41, 5.74) is 0.994. The van der Waals surface area contributed by atoms with Gasteiger partial charge in [-0.05, 0) is 35.9 Å². The number of nitro benzene ring substituents is 1. The highest BCUT2D eigenvalue weighted by atomic mass is 16.6. The van der Waals surface area contributed by atoms with Gasteiger partial charge in [-0.3, -0.25) is 10.1 Å². The highest BCUT2D eigenvalue weighted by Gasteiger charge is 2.07. The number of benzene rings is 1. The standard InChI is InChI=1S/C13H8N2O3/c14-9-11(8-13-2-1-7-18-13)10-3-5-12(6-4-10)15(16)17/h1-8H. The second-order valence-corrected chi connectivity index (χ2v) is 3.49. The van der Waals surface area contributed by atoms with Crippen LogP contribution in [0.4, 0.5) is 5.69 Å². The van der Waals surface area contributed by atoms with Crippen molar-refractivity contribution in [2.24, 2.45) is 0 Å². The van der Waals surface area contributed by atoms with E-state index in [1.807, 2.05) is 6.07 Å². The zero-order valence-corrected chi connectivity index (χ0v) is 9.24. The van der Waals surface area contributed by atoms with Gasteiger partial charge in [0.2, 0.25) is 0 Å². The van der Waals surface area contributed by atoms with Gasteiger partial charge in [-0.1, -0.05) is 0 Å². The maximum atomic E-state index is 10.5. The van der Waals surface area contributed by atoms with Crippen LogP contribution < -0.4 is 0 Å². The number of non-ortho nitro benzene ring substituents is 1. The molecule has 0 N–H and O–H groups in total. The molecular formula is C13H8N2O3. The number of allylic oxidation sites excluding steroid dienone is 1. The molecule has 0 amide bonds. The minimum atomic E-state index is -0.480. The molecular weight excluding hydrogens is 232 g/mol. The van der Waals surface area contributed by atoms with Crippen LogP contribution in [0, 0.1) is 21.4 Å². The second kappa shape index (κ2) is 4.97. The molecule has 0 fully saturated rings. The van der Waals surface area contributed by atoms with Crippen molar-refractivity contribution in [2.75, 3.05) is 0 Å². The first-order chi connectivity index (χ1) is 8.70. The summed E-state index contributed by atoms with van der Waals surface area (Å²) < 4.78 is 5.11. The summed E-state index contributed by atoms with van der Waals surface area (Å²) in [5.74, 6) is 0.560. The number of rotatable bonds is 3. The van der Waals surface area contributed by atoms with Crippen molar-refractivity contribution < 1.29 is 9.34 Å². The zero-order chi connectivity index (χ0) is 13.0. The van der Waals surface area contributed by atoms with Crippen LogP contribution in [-0.2, 0) is 0 Å². The quantitative estimate of drug-likeness (QED) is 0.468. The van der Waals surface area contributed by atoms with Crippen LogP contribution in [0.1, 0.15) is 11.3 Å². The molecule has 5 heteroatoms. The van der Waals surface area contributed by atoms with E-state index in [2.05, 4.69) is 0 Å². The molecule has 0 saturated heterocycles. The number of nitro groups is 1. The molecule has 0 atom stereocenters. The second-order valence-electron chi connectivity index (χ2n) is 3.49. The number of hydrogen-bond acceptors (Lipinski definition) is 4. The molecule has 0 unspecified atom stereocenters. The van der Waals surface area contributed by atoms with Gasteiger partial charge in [-0.15, -0.1) is 0 Å². The average Bonchev–Trinajstić information content (AvgIpc) is 2.89. The van der Waals surface area contributed by atoms with E-state index in [4.69, 9.17) is 9.68 Å². The van der Waals surface area contributed by atoms with E-state index >= 15 is 0 Å². The van der Waals surface area contributed by atoms with Gasteiger partial charge in [0.1, 0.15) is 5.76 Å². The molecule has 0 aliphatic heterocycles. The predicted molar refractivity (Wildman–Crippen MR) is 65.3 cm³/mol. The van der Waals surface area contributed by atoms with Gasteiger partial charge in [0.25, 0.3) is 5.69 Å². The summed E-state index contributed by atoms with van der Waals surface area (Å²) in [6, 6.07) is 11.3. The Morgan fingerprint density at radius 2 is 2.06 bits per heavy atom. The molecule has 1 aromatic heterocycles. The van der Waals surface area contributed by atoms with Gasteiger partial charge in [0.05, 0.1) is 22.8 Å². The lowest BCUT2D eigenvalue weighted by Crippen LogP contribution is -1.88. The molecule has 0 bridgehead atoms. The fourth-order valence-electron chi connectivity index (χ4n) is 1.46. The third-order valence-electron chi connectivity index (χ3n) is 2.34. The number of hydrogen-bond donors (Lipinski definition) is 0. The van der Waals surface area contributed by atoms with Crippen LogP contribution in [0.15, 0.2) is 47.1 Å². The first-order valence-electron chi connectivity index (χ1n) is 5.11. The first-order valence-corrected chi connectivity index (χ1v) is 5.11. The Morgan fingerprint density at radius 1 is 1.33 bits per heavy atom. The Balaban J connectivity index is 2.35. The predicted octanol–water partition coefficient (Wildman–Crippen LogP) is 3.25. The lowest BCUT2D eigenvalue weighted by molar-refractivity contribution is -0.384. The van der Waals surface area contributed by atoms with Gasteiger partial charge < -0.3 is 4.42 Å². The monoisotopic (exact) mass is 240 g/mol. The van der Waals surface area contributed by atoms with Crippen molar-refractivity contribution in [3.05, 3.63) is 64.1 Å². The number of nitriles is 1. The highest BCUT2D eigenvalue weighted by molar-refractivity contribution is 5.88. The molecule has 1 aromatic carbocycles. The Morgan fingerprint density at radius 3 is 2.56 bits per heavy atom. The number of furan rings is 1. The fourth-order valence-corrected chi connectivity index (χ4v) is 1.46. The van der Waals surface area contributed by atoms with Gasteiger partial charge in [0.15, 0.2) is 0 Å². The maximum absolute atomic E-state index is 10.5. The third kappa shape index (κ3) is 2.44. The first kappa shape index (κ1) is 11.6. The fraction of sp³-hybridized carbons (Fsp3) is 0. The van der Waals surface area contributed by atoms with Crippen LogP contribution in [0.25, 0.3) is 11.6 Å². The molecule has 2 aromatic rings. The molecule has 0 radical (unpaired) electrons. The van der Waals surface area contributed by atoms with E-state index in [9.17, 15) is 10.1 Å². The van der Waals surface area contributed by atoms with Crippen molar-refractivity contribution >= 4 is 17.3 Å². The van der Waals surface area contributed by atoms with Crippen molar-refractivity contribution in [3.63, 3.8) is 0 Å². The molecule has 18 heavy (non-hydrogen) atoms. The van der Waals surface area contributed by atoms with Crippen molar-refractivity contribution in [1.82, 2.24) is 0 Å². The SMILES string of the molecule is N#CC(=Cc1ccco1)c1ccc([N+](=O)[O-])cc1. The Bertz CT molecular complexity index is 619. The molecule has 2 rings (SSSR count). The van der Waals surface area contributed by atoms with Gasteiger partial charge in [-0.2, -0.15) is 5.26 Å². The Hall–Kier alpha value is -2.87.